The number of halogens is 1. The third-order valence-corrected chi connectivity index (χ3v) is 1.74. The van der Waals surface area contributed by atoms with Crippen molar-refractivity contribution in [3.63, 3.8) is 0 Å². The number of aliphatic hydroxyl groups excluding tert-OH is 1. The van der Waals surface area contributed by atoms with Gasteiger partial charge in [0, 0.05) is 5.56 Å². The molecule has 0 unspecified atom stereocenters. The first kappa shape index (κ1) is 10.7. The zero-order valence-corrected chi connectivity index (χ0v) is 7.97. The molecule has 14 heavy (non-hydrogen) atoms. The predicted molar refractivity (Wildman–Crippen MR) is 53.1 cm³/mol. The Bertz CT molecular complexity index is 365. The summed E-state index contributed by atoms with van der Waals surface area (Å²) in [6, 6.07) is 4.81. The van der Waals surface area contributed by atoms with Crippen molar-refractivity contribution >= 4 is 0 Å². The fraction of sp³-hybridized carbons (Fsp3) is 0.273. The van der Waals surface area contributed by atoms with E-state index < -0.39 is 5.82 Å². The van der Waals surface area contributed by atoms with Crippen LogP contribution < -0.4 is 5.32 Å². The minimum Gasteiger partial charge on any atom is -0.392 e. The van der Waals surface area contributed by atoms with Gasteiger partial charge in [0.2, 0.25) is 0 Å². The second kappa shape index (κ2) is 5.38. The minimum absolute atomic E-state index is 0.279. The summed E-state index contributed by atoms with van der Waals surface area (Å²) in [4.78, 5) is 0. The maximum atomic E-state index is 13.4. The molecule has 1 aromatic rings. The first-order chi connectivity index (χ1) is 6.79. The van der Waals surface area contributed by atoms with Crippen LogP contribution in [0.4, 0.5) is 4.39 Å². The molecule has 0 spiro atoms. The van der Waals surface area contributed by atoms with Crippen molar-refractivity contribution in [1.29, 1.82) is 0 Å². The standard InChI is InChI=1S/C11H12FNO/c1-13-7-3-6-9-4-2-5-10(8-14)11(9)12/h2,4-5,13-14H,7-8H2,1H3. The zero-order chi connectivity index (χ0) is 10.4. The lowest BCUT2D eigenvalue weighted by molar-refractivity contribution is 0.275. The van der Waals surface area contributed by atoms with Gasteiger partial charge in [-0.1, -0.05) is 24.0 Å². The van der Waals surface area contributed by atoms with Crippen LogP contribution in [0.3, 0.4) is 0 Å². The second-order valence-electron chi connectivity index (χ2n) is 2.77. The molecule has 0 radical (unpaired) electrons. The van der Waals surface area contributed by atoms with E-state index in [1.54, 1.807) is 25.2 Å². The van der Waals surface area contributed by atoms with Gasteiger partial charge >= 0.3 is 0 Å². The van der Waals surface area contributed by atoms with Gasteiger partial charge in [0.05, 0.1) is 18.7 Å². The highest BCUT2D eigenvalue weighted by Crippen LogP contribution is 2.11. The van der Waals surface area contributed by atoms with Crippen LogP contribution in [0.25, 0.3) is 0 Å². The van der Waals surface area contributed by atoms with Crippen molar-refractivity contribution < 1.29 is 9.50 Å². The maximum Gasteiger partial charge on any atom is 0.144 e. The Balaban J connectivity index is 2.94. The van der Waals surface area contributed by atoms with Gasteiger partial charge < -0.3 is 10.4 Å². The lowest BCUT2D eigenvalue weighted by atomic mass is 10.1. The Morgan fingerprint density at radius 1 is 1.50 bits per heavy atom. The summed E-state index contributed by atoms with van der Waals surface area (Å²) in [5.41, 5.74) is 0.605. The van der Waals surface area contributed by atoms with E-state index >= 15 is 0 Å². The molecule has 0 amide bonds. The fourth-order valence-corrected chi connectivity index (χ4v) is 1.03. The Labute approximate surface area is 82.8 Å². The largest absolute Gasteiger partial charge is 0.392 e. The summed E-state index contributed by atoms with van der Waals surface area (Å²) in [6.07, 6.45) is 0. The Hall–Kier alpha value is -1.37. The summed E-state index contributed by atoms with van der Waals surface area (Å²) in [7, 11) is 1.77. The van der Waals surface area contributed by atoms with Crippen molar-refractivity contribution in [2.75, 3.05) is 13.6 Å². The normalized spacial score (nSPS) is 9.36. The molecule has 3 heteroatoms. The van der Waals surface area contributed by atoms with Gasteiger partial charge in [0.25, 0.3) is 0 Å². The van der Waals surface area contributed by atoms with Gasteiger partial charge in [-0.15, -0.1) is 0 Å². The van der Waals surface area contributed by atoms with Crippen LogP contribution in [-0.4, -0.2) is 18.7 Å². The van der Waals surface area contributed by atoms with E-state index in [1.165, 1.54) is 0 Å². The molecule has 0 aromatic heterocycles. The Morgan fingerprint density at radius 2 is 2.29 bits per heavy atom. The molecule has 74 valence electrons. The molecule has 2 N–H and O–H groups in total. The molecule has 1 aromatic carbocycles. The van der Waals surface area contributed by atoms with Gasteiger partial charge in [-0.2, -0.15) is 0 Å². The number of aliphatic hydroxyl groups is 1. The topological polar surface area (TPSA) is 32.3 Å². The quantitative estimate of drug-likeness (QED) is 0.684. The van der Waals surface area contributed by atoms with E-state index in [0.29, 0.717) is 12.1 Å². The Morgan fingerprint density at radius 3 is 2.93 bits per heavy atom. The average Bonchev–Trinajstić information content (AvgIpc) is 2.21. The molecular formula is C11H12FNO. The highest BCUT2D eigenvalue weighted by molar-refractivity contribution is 5.38. The molecule has 0 aliphatic rings. The molecule has 0 saturated carbocycles. The Kier molecular flexibility index (Phi) is 4.11. The second-order valence-corrected chi connectivity index (χ2v) is 2.77. The molecule has 0 aliphatic heterocycles. The van der Waals surface area contributed by atoms with Crippen molar-refractivity contribution in [2.45, 2.75) is 6.61 Å². The van der Waals surface area contributed by atoms with Crippen molar-refractivity contribution in [2.24, 2.45) is 0 Å². The van der Waals surface area contributed by atoms with Crippen LogP contribution in [0, 0.1) is 17.7 Å². The number of benzene rings is 1. The first-order valence-electron chi connectivity index (χ1n) is 4.31. The van der Waals surface area contributed by atoms with Crippen LogP contribution in [-0.2, 0) is 6.61 Å². The predicted octanol–water partition coefficient (Wildman–Crippen LogP) is 0.889. The number of nitrogens with one attached hydrogen (secondary N) is 1. The summed E-state index contributed by atoms with van der Waals surface area (Å²) >= 11 is 0. The lowest BCUT2D eigenvalue weighted by Crippen LogP contribution is -2.04. The molecule has 0 saturated heterocycles. The van der Waals surface area contributed by atoms with E-state index in [1.807, 2.05) is 0 Å². The molecule has 0 aliphatic carbocycles. The van der Waals surface area contributed by atoms with E-state index in [0.717, 1.165) is 0 Å². The van der Waals surface area contributed by atoms with Crippen LogP contribution in [0.1, 0.15) is 11.1 Å². The van der Waals surface area contributed by atoms with Gasteiger partial charge in [0.15, 0.2) is 0 Å². The monoisotopic (exact) mass is 193 g/mol. The van der Waals surface area contributed by atoms with Crippen molar-refractivity contribution in [3.8, 4) is 11.8 Å². The van der Waals surface area contributed by atoms with Crippen LogP contribution in [0.2, 0.25) is 0 Å². The molecule has 0 fully saturated rings. The van der Waals surface area contributed by atoms with Gasteiger partial charge in [0.1, 0.15) is 5.82 Å². The summed E-state index contributed by atoms with van der Waals surface area (Å²) < 4.78 is 13.4. The van der Waals surface area contributed by atoms with E-state index in [-0.39, 0.29) is 12.2 Å². The van der Waals surface area contributed by atoms with Crippen molar-refractivity contribution in [1.82, 2.24) is 5.32 Å². The summed E-state index contributed by atoms with van der Waals surface area (Å²) in [5.74, 6) is 5.02. The third-order valence-electron chi connectivity index (χ3n) is 1.74. The van der Waals surface area contributed by atoms with Gasteiger partial charge in [-0.05, 0) is 13.1 Å². The van der Waals surface area contributed by atoms with Crippen LogP contribution in [0.5, 0.6) is 0 Å². The molecule has 1 rings (SSSR count). The molecule has 0 heterocycles. The fourth-order valence-electron chi connectivity index (χ4n) is 1.03. The van der Waals surface area contributed by atoms with E-state index in [9.17, 15) is 4.39 Å². The maximum absolute atomic E-state index is 13.4. The third kappa shape index (κ3) is 2.56. The summed E-state index contributed by atoms with van der Waals surface area (Å²) in [5, 5.41) is 11.7. The first-order valence-corrected chi connectivity index (χ1v) is 4.31. The average molecular weight is 193 g/mol. The summed E-state index contributed by atoms with van der Waals surface area (Å²) in [6.45, 7) is 0.218. The smallest absolute Gasteiger partial charge is 0.144 e. The van der Waals surface area contributed by atoms with Gasteiger partial charge in [-0.25, -0.2) is 4.39 Å². The molecule has 2 nitrogen and oxygen atoms in total. The number of hydrogen-bond donors (Lipinski definition) is 2. The van der Waals surface area contributed by atoms with Gasteiger partial charge in [-0.3, -0.25) is 0 Å². The molecule has 0 bridgehead atoms. The highest BCUT2D eigenvalue weighted by atomic mass is 19.1. The van der Waals surface area contributed by atoms with Crippen molar-refractivity contribution in [3.05, 3.63) is 35.1 Å². The molecule has 0 atom stereocenters. The zero-order valence-electron chi connectivity index (χ0n) is 7.97. The number of rotatable bonds is 2. The lowest BCUT2D eigenvalue weighted by Gasteiger charge is -1.99. The van der Waals surface area contributed by atoms with E-state index in [2.05, 4.69) is 17.2 Å². The van der Waals surface area contributed by atoms with Crippen LogP contribution in [0.15, 0.2) is 18.2 Å². The van der Waals surface area contributed by atoms with Crippen LogP contribution >= 0.6 is 0 Å². The highest BCUT2D eigenvalue weighted by Gasteiger charge is 2.03. The minimum atomic E-state index is -0.432. The SMILES string of the molecule is CNCC#Cc1cccc(CO)c1F. The number of hydrogen-bond acceptors (Lipinski definition) is 2. The van der Waals surface area contributed by atoms with E-state index in [4.69, 9.17) is 5.11 Å². The molecular weight excluding hydrogens is 181 g/mol.